The molecule has 0 fully saturated rings. The molecule has 0 radical (unpaired) electrons. The van der Waals surface area contributed by atoms with Crippen LogP contribution in [0, 0.1) is 0 Å². The van der Waals surface area contributed by atoms with E-state index < -0.39 is 0 Å². The molecular weight excluding hydrogens is 364 g/mol. The number of para-hydroxylation sites is 1. The Hall–Kier alpha value is -1.52. The fourth-order valence-electron chi connectivity index (χ4n) is 2.70. The minimum Gasteiger partial charge on any atom is -0.373 e. The SMILES string of the molecule is CN1CCN(C(=O)c2cc(Br)ccc2Cl)Cc2ccccc21. The van der Waals surface area contributed by atoms with Crippen molar-refractivity contribution in [2.45, 2.75) is 6.54 Å². The number of benzene rings is 2. The van der Waals surface area contributed by atoms with Crippen LogP contribution in [0.5, 0.6) is 0 Å². The fourth-order valence-corrected chi connectivity index (χ4v) is 3.26. The molecule has 0 saturated heterocycles. The highest BCUT2D eigenvalue weighted by molar-refractivity contribution is 9.10. The number of nitrogens with zero attached hydrogens (tertiary/aromatic N) is 2. The van der Waals surface area contributed by atoms with Crippen LogP contribution in [-0.2, 0) is 6.54 Å². The van der Waals surface area contributed by atoms with E-state index in [2.05, 4.69) is 40.0 Å². The molecule has 3 rings (SSSR count). The molecule has 2 aromatic carbocycles. The molecule has 0 spiro atoms. The van der Waals surface area contributed by atoms with E-state index in [0.29, 0.717) is 23.7 Å². The van der Waals surface area contributed by atoms with Crippen LogP contribution in [0.1, 0.15) is 15.9 Å². The lowest BCUT2D eigenvalue weighted by atomic mass is 10.1. The first-order chi connectivity index (χ1) is 10.6. The Bertz CT molecular complexity index is 720. The molecule has 0 unspecified atom stereocenters. The Morgan fingerprint density at radius 1 is 1.18 bits per heavy atom. The number of carbonyl (C=O) groups excluding carboxylic acids is 1. The van der Waals surface area contributed by atoms with Gasteiger partial charge in [0.05, 0.1) is 10.6 Å². The van der Waals surface area contributed by atoms with Crippen molar-refractivity contribution in [3.8, 4) is 0 Å². The highest BCUT2D eigenvalue weighted by Crippen LogP contribution is 2.27. The van der Waals surface area contributed by atoms with Crippen molar-refractivity contribution < 1.29 is 4.79 Å². The molecular formula is C17H16BrClN2O. The van der Waals surface area contributed by atoms with Gasteiger partial charge in [-0.2, -0.15) is 0 Å². The zero-order chi connectivity index (χ0) is 15.7. The van der Waals surface area contributed by atoms with Gasteiger partial charge in [-0.25, -0.2) is 0 Å². The standard InChI is InChI=1S/C17H16BrClN2O/c1-20-8-9-21(11-12-4-2-3-5-16(12)20)17(22)14-10-13(18)6-7-15(14)19/h2-7,10H,8-9,11H2,1H3. The zero-order valence-corrected chi connectivity index (χ0v) is 14.6. The molecule has 0 bridgehead atoms. The molecule has 0 atom stereocenters. The second kappa shape index (κ2) is 6.31. The van der Waals surface area contributed by atoms with Gasteiger partial charge in [-0.1, -0.05) is 45.7 Å². The van der Waals surface area contributed by atoms with Crippen LogP contribution in [0.2, 0.25) is 5.02 Å². The Morgan fingerprint density at radius 2 is 1.95 bits per heavy atom. The van der Waals surface area contributed by atoms with Crippen molar-refractivity contribution in [2.75, 3.05) is 25.0 Å². The second-order valence-electron chi connectivity index (χ2n) is 5.40. The van der Waals surface area contributed by atoms with Gasteiger partial charge in [0.25, 0.3) is 5.91 Å². The number of fused-ring (bicyclic) bond motifs is 1. The lowest BCUT2D eigenvalue weighted by Gasteiger charge is -2.21. The molecule has 3 nitrogen and oxygen atoms in total. The first kappa shape index (κ1) is 15.4. The molecule has 0 aromatic heterocycles. The van der Waals surface area contributed by atoms with Crippen LogP contribution < -0.4 is 4.90 Å². The quantitative estimate of drug-likeness (QED) is 0.741. The van der Waals surface area contributed by atoms with Crippen molar-refractivity contribution in [3.63, 3.8) is 0 Å². The Labute approximate surface area is 143 Å². The van der Waals surface area contributed by atoms with Crippen LogP contribution in [0.25, 0.3) is 0 Å². The topological polar surface area (TPSA) is 23.6 Å². The number of anilines is 1. The maximum atomic E-state index is 12.8. The minimum absolute atomic E-state index is 0.0311. The van der Waals surface area contributed by atoms with Crippen molar-refractivity contribution in [2.24, 2.45) is 0 Å². The van der Waals surface area contributed by atoms with E-state index >= 15 is 0 Å². The summed E-state index contributed by atoms with van der Waals surface area (Å²) >= 11 is 9.60. The summed E-state index contributed by atoms with van der Waals surface area (Å²) in [5, 5.41) is 0.485. The molecule has 5 heteroatoms. The molecule has 1 amide bonds. The number of hydrogen-bond acceptors (Lipinski definition) is 2. The molecule has 22 heavy (non-hydrogen) atoms. The summed E-state index contributed by atoms with van der Waals surface area (Å²) in [5.74, 6) is -0.0311. The Kier molecular flexibility index (Phi) is 4.41. The van der Waals surface area contributed by atoms with Crippen LogP contribution >= 0.6 is 27.5 Å². The minimum atomic E-state index is -0.0311. The highest BCUT2D eigenvalue weighted by Gasteiger charge is 2.23. The molecule has 1 aliphatic rings. The molecule has 0 N–H and O–H groups in total. The number of rotatable bonds is 1. The number of carbonyl (C=O) groups is 1. The fraction of sp³-hybridized carbons (Fsp3) is 0.235. The Balaban J connectivity index is 1.93. The second-order valence-corrected chi connectivity index (χ2v) is 6.72. The number of amides is 1. The summed E-state index contributed by atoms with van der Waals surface area (Å²) in [6.07, 6.45) is 0. The average molecular weight is 380 g/mol. The van der Waals surface area contributed by atoms with Crippen molar-refractivity contribution in [3.05, 3.63) is 63.1 Å². The maximum absolute atomic E-state index is 12.8. The van der Waals surface area contributed by atoms with Crippen molar-refractivity contribution in [1.82, 2.24) is 4.90 Å². The van der Waals surface area contributed by atoms with E-state index in [1.807, 2.05) is 23.1 Å². The molecule has 2 aromatic rings. The van der Waals surface area contributed by atoms with Gasteiger partial charge in [-0.3, -0.25) is 4.79 Å². The van der Waals surface area contributed by atoms with Crippen LogP contribution in [0.4, 0.5) is 5.69 Å². The summed E-state index contributed by atoms with van der Waals surface area (Å²) in [6.45, 7) is 2.07. The van der Waals surface area contributed by atoms with E-state index in [-0.39, 0.29) is 5.91 Å². The summed E-state index contributed by atoms with van der Waals surface area (Å²) in [6, 6.07) is 13.6. The zero-order valence-electron chi connectivity index (χ0n) is 12.2. The van der Waals surface area contributed by atoms with E-state index in [9.17, 15) is 4.79 Å². The third kappa shape index (κ3) is 2.99. The summed E-state index contributed by atoms with van der Waals surface area (Å²) in [7, 11) is 2.05. The van der Waals surface area contributed by atoms with Crippen LogP contribution in [0.3, 0.4) is 0 Å². The van der Waals surface area contributed by atoms with Gasteiger partial charge in [0, 0.05) is 36.8 Å². The predicted molar refractivity (Wildman–Crippen MR) is 93.6 cm³/mol. The normalized spacial score (nSPS) is 14.5. The van der Waals surface area contributed by atoms with Gasteiger partial charge in [-0.05, 0) is 29.8 Å². The molecule has 0 aliphatic carbocycles. The molecule has 1 heterocycles. The Morgan fingerprint density at radius 3 is 2.77 bits per heavy atom. The third-order valence-electron chi connectivity index (χ3n) is 3.92. The number of hydrogen-bond donors (Lipinski definition) is 0. The van der Waals surface area contributed by atoms with E-state index in [1.54, 1.807) is 12.1 Å². The lowest BCUT2D eigenvalue weighted by molar-refractivity contribution is 0.0752. The van der Waals surface area contributed by atoms with E-state index in [1.165, 1.54) is 5.69 Å². The average Bonchev–Trinajstić information content (AvgIpc) is 2.69. The summed E-state index contributed by atoms with van der Waals surface area (Å²) < 4.78 is 0.854. The largest absolute Gasteiger partial charge is 0.373 e. The first-order valence-corrected chi connectivity index (χ1v) is 8.27. The molecule has 0 saturated carbocycles. The van der Waals surface area contributed by atoms with Gasteiger partial charge < -0.3 is 9.80 Å². The monoisotopic (exact) mass is 378 g/mol. The third-order valence-corrected chi connectivity index (χ3v) is 4.74. The van der Waals surface area contributed by atoms with Gasteiger partial charge >= 0.3 is 0 Å². The van der Waals surface area contributed by atoms with Crippen LogP contribution in [0.15, 0.2) is 46.9 Å². The van der Waals surface area contributed by atoms with E-state index in [0.717, 1.165) is 16.6 Å². The van der Waals surface area contributed by atoms with Gasteiger partial charge in [0.2, 0.25) is 0 Å². The summed E-state index contributed by atoms with van der Waals surface area (Å²) in [4.78, 5) is 16.9. The van der Waals surface area contributed by atoms with Crippen molar-refractivity contribution in [1.29, 1.82) is 0 Å². The van der Waals surface area contributed by atoms with Crippen LogP contribution in [-0.4, -0.2) is 30.9 Å². The predicted octanol–water partition coefficient (Wildman–Crippen LogP) is 4.19. The highest BCUT2D eigenvalue weighted by atomic mass is 79.9. The lowest BCUT2D eigenvalue weighted by Crippen LogP contribution is -2.34. The summed E-state index contributed by atoms with van der Waals surface area (Å²) in [5.41, 5.74) is 2.87. The first-order valence-electron chi connectivity index (χ1n) is 7.09. The van der Waals surface area contributed by atoms with Crippen molar-refractivity contribution >= 4 is 39.1 Å². The number of halogens is 2. The van der Waals surface area contributed by atoms with Gasteiger partial charge in [0.15, 0.2) is 0 Å². The molecule has 1 aliphatic heterocycles. The van der Waals surface area contributed by atoms with Gasteiger partial charge in [0.1, 0.15) is 0 Å². The van der Waals surface area contributed by atoms with E-state index in [4.69, 9.17) is 11.6 Å². The molecule has 114 valence electrons. The smallest absolute Gasteiger partial charge is 0.255 e. The maximum Gasteiger partial charge on any atom is 0.255 e. The number of likely N-dealkylation sites (N-methyl/N-ethyl adjacent to an activating group) is 1. The van der Waals surface area contributed by atoms with Gasteiger partial charge in [-0.15, -0.1) is 0 Å².